The van der Waals surface area contributed by atoms with E-state index in [9.17, 15) is 9.59 Å². The van der Waals surface area contributed by atoms with E-state index < -0.39 is 0 Å². The third-order valence-corrected chi connectivity index (χ3v) is 2.82. The molecule has 104 valence electrons. The summed E-state index contributed by atoms with van der Waals surface area (Å²) in [6.45, 7) is 5.79. The van der Waals surface area contributed by atoms with Crippen molar-refractivity contribution >= 4 is 11.8 Å². The van der Waals surface area contributed by atoms with Crippen LogP contribution in [0.1, 0.15) is 18.2 Å². The summed E-state index contributed by atoms with van der Waals surface area (Å²) in [6, 6.07) is 0. The fraction of sp³-hybridized carbons (Fsp3) is 0.462. The highest BCUT2D eigenvalue weighted by Gasteiger charge is 2.16. The summed E-state index contributed by atoms with van der Waals surface area (Å²) < 4.78 is 4.89. The van der Waals surface area contributed by atoms with E-state index in [4.69, 9.17) is 4.52 Å². The number of likely N-dealkylation sites (N-methyl/N-ethyl adjacent to an activating group) is 2. The minimum atomic E-state index is -0.277. The van der Waals surface area contributed by atoms with E-state index in [-0.39, 0.29) is 18.4 Å². The first-order valence-corrected chi connectivity index (χ1v) is 6.03. The molecule has 0 bridgehead atoms. The summed E-state index contributed by atoms with van der Waals surface area (Å²) in [5.41, 5.74) is 1.73. The maximum atomic E-state index is 11.9. The first-order valence-electron chi connectivity index (χ1n) is 6.03. The van der Waals surface area contributed by atoms with Crippen molar-refractivity contribution in [2.75, 3.05) is 20.6 Å². The first kappa shape index (κ1) is 14.9. The number of aromatic nitrogens is 1. The van der Waals surface area contributed by atoms with Gasteiger partial charge in [-0.05, 0) is 12.5 Å². The Balaban J connectivity index is 2.58. The van der Waals surface area contributed by atoms with E-state index in [2.05, 4.69) is 11.7 Å². The molecule has 6 heteroatoms. The zero-order valence-corrected chi connectivity index (χ0v) is 11.5. The lowest BCUT2D eigenvalue weighted by molar-refractivity contribution is -0.136. The van der Waals surface area contributed by atoms with Crippen LogP contribution in [0, 0.1) is 0 Å². The lowest BCUT2D eigenvalue weighted by Gasteiger charge is -2.21. The van der Waals surface area contributed by atoms with Crippen LogP contribution in [0.2, 0.25) is 0 Å². The largest absolute Gasteiger partial charge is 0.364 e. The quantitative estimate of drug-likeness (QED) is 0.715. The molecule has 1 rings (SSSR count). The molecule has 1 aromatic rings. The summed E-state index contributed by atoms with van der Waals surface area (Å²) in [7, 11) is 3.24. The molecule has 0 aliphatic rings. The van der Waals surface area contributed by atoms with Gasteiger partial charge in [0.2, 0.25) is 11.8 Å². The van der Waals surface area contributed by atoms with Crippen LogP contribution >= 0.6 is 0 Å². The Morgan fingerprint density at radius 1 is 1.42 bits per heavy atom. The van der Waals surface area contributed by atoms with Gasteiger partial charge in [-0.2, -0.15) is 0 Å². The Morgan fingerprint density at radius 3 is 2.68 bits per heavy atom. The molecule has 0 fully saturated rings. The zero-order chi connectivity index (χ0) is 14.4. The molecule has 0 unspecified atom stereocenters. The average molecular weight is 265 g/mol. The minimum Gasteiger partial charge on any atom is -0.364 e. The minimum absolute atomic E-state index is 0.0219. The predicted molar refractivity (Wildman–Crippen MR) is 70.2 cm³/mol. The van der Waals surface area contributed by atoms with Gasteiger partial charge in [0.1, 0.15) is 6.26 Å². The molecule has 1 aromatic heterocycles. The smallest absolute Gasteiger partial charge is 0.246 e. The highest BCUT2D eigenvalue weighted by atomic mass is 16.5. The van der Waals surface area contributed by atoms with Crippen molar-refractivity contribution in [2.45, 2.75) is 19.9 Å². The van der Waals surface area contributed by atoms with E-state index in [1.54, 1.807) is 25.3 Å². The van der Waals surface area contributed by atoms with Gasteiger partial charge in [-0.25, -0.2) is 0 Å². The number of hydrogen-bond donors (Lipinski definition) is 0. The van der Waals surface area contributed by atoms with Gasteiger partial charge in [-0.15, -0.1) is 0 Å². The number of hydrogen-bond acceptors (Lipinski definition) is 4. The third kappa shape index (κ3) is 3.94. The fourth-order valence-corrected chi connectivity index (χ4v) is 1.60. The van der Waals surface area contributed by atoms with E-state index in [0.29, 0.717) is 6.54 Å². The molecule has 19 heavy (non-hydrogen) atoms. The highest BCUT2D eigenvalue weighted by Crippen LogP contribution is 2.10. The van der Waals surface area contributed by atoms with Gasteiger partial charge < -0.3 is 14.3 Å². The lowest BCUT2D eigenvalue weighted by atomic mass is 10.2. The Bertz CT molecular complexity index is 467. The molecule has 1 heterocycles. The van der Waals surface area contributed by atoms with Gasteiger partial charge in [0.15, 0.2) is 0 Å². The summed E-state index contributed by atoms with van der Waals surface area (Å²) in [5.74, 6) is -0.429. The Kier molecular flexibility index (Phi) is 5.29. The van der Waals surface area contributed by atoms with E-state index in [1.165, 1.54) is 11.0 Å². The van der Waals surface area contributed by atoms with Crippen molar-refractivity contribution in [3.63, 3.8) is 0 Å². The number of rotatable bonds is 6. The maximum Gasteiger partial charge on any atom is 0.246 e. The topological polar surface area (TPSA) is 66.7 Å². The molecule has 0 aliphatic carbocycles. The standard InChI is InChI=1S/C13H19N3O3/c1-5-11-10(9-19-14-11)7-15(3)13(18)8-16(4)12(17)6-2/h6,9H,2,5,7-8H2,1,3-4H3. The summed E-state index contributed by atoms with van der Waals surface area (Å²) >= 11 is 0. The van der Waals surface area contributed by atoms with Crippen molar-refractivity contribution in [2.24, 2.45) is 0 Å². The molecular formula is C13H19N3O3. The van der Waals surface area contributed by atoms with Crippen LogP contribution in [-0.2, 0) is 22.6 Å². The van der Waals surface area contributed by atoms with Crippen LogP contribution in [0.5, 0.6) is 0 Å². The van der Waals surface area contributed by atoms with Crippen molar-refractivity contribution in [3.05, 3.63) is 30.2 Å². The van der Waals surface area contributed by atoms with Crippen LogP contribution in [0.3, 0.4) is 0 Å². The molecule has 0 saturated carbocycles. The second kappa shape index (κ2) is 6.72. The second-order valence-electron chi connectivity index (χ2n) is 4.29. The van der Waals surface area contributed by atoms with Gasteiger partial charge >= 0.3 is 0 Å². The van der Waals surface area contributed by atoms with Crippen molar-refractivity contribution < 1.29 is 14.1 Å². The van der Waals surface area contributed by atoms with Crippen LogP contribution in [0.4, 0.5) is 0 Å². The molecule has 0 spiro atoms. The monoisotopic (exact) mass is 265 g/mol. The second-order valence-corrected chi connectivity index (χ2v) is 4.29. The Hall–Kier alpha value is -2.11. The SMILES string of the molecule is C=CC(=O)N(C)CC(=O)N(C)Cc1conc1CC. The molecule has 0 radical (unpaired) electrons. The molecule has 0 N–H and O–H groups in total. The van der Waals surface area contributed by atoms with Crippen molar-refractivity contribution in [1.82, 2.24) is 15.0 Å². The lowest BCUT2D eigenvalue weighted by Crippen LogP contribution is -2.38. The van der Waals surface area contributed by atoms with Crippen LogP contribution in [0.25, 0.3) is 0 Å². The van der Waals surface area contributed by atoms with Gasteiger partial charge in [0, 0.05) is 19.7 Å². The molecule has 0 atom stereocenters. The van der Waals surface area contributed by atoms with Gasteiger partial charge in [0.25, 0.3) is 0 Å². The predicted octanol–water partition coefficient (Wildman–Crippen LogP) is 0.840. The molecular weight excluding hydrogens is 246 g/mol. The van der Waals surface area contributed by atoms with Crippen molar-refractivity contribution in [3.8, 4) is 0 Å². The Labute approximate surface area is 112 Å². The maximum absolute atomic E-state index is 11.9. The number of carbonyl (C=O) groups is 2. The highest BCUT2D eigenvalue weighted by molar-refractivity contribution is 5.90. The van der Waals surface area contributed by atoms with Crippen LogP contribution in [-0.4, -0.2) is 47.4 Å². The van der Waals surface area contributed by atoms with E-state index in [0.717, 1.165) is 17.7 Å². The average Bonchev–Trinajstić information content (AvgIpc) is 2.84. The van der Waals surface area contributed by atoms with Gasteiger partial charge in [-0.1, -0.05) is 18.7 Å². The number of nitrogens with zero attached hydrogens (tertiary/aromatic N) is 3. The third-order valence-electron chi connectivity index (χ3n) is 2.82. The zero-order valence-electron chi connectivity index (χ0n) is 11.5. The molecule has 0 aliphatic heterocycles. The summed E-state index contributed by atoms with van der Waals surface area (Å²) in [4.78, 5) is 26.1. The number of carbonyl (C=O) groups excluding carboxylic acids is 2. The number of aryl methyl sites for hydroxylation is 1. The van der Waals surface area contributed by atoms with Crippen LogP contribution in [0.15, 0.2) is 23.4 Å². The summed E-state index contributed by atoms with van der Waals surface area (Å²) in [5, 5.41) is 3.86. The normalized spacial score (nSPS) is 10.1. The molecule has 0 aromatic carbocycles. The summed E-state index contributed by atoms with van der Waals surface area (Å²) in [6.07, 6.45) is 3.48. The van der Waals surface area contributed by atoms with Crippen LogP contribution < -0.4 is 0 Å². The van der Waals surface area contributed by atoms with Crippen molar-refractivity contribution in [1.29, 1.82) is 0 Å². The van der Waals surface area contributed by atoms with Gasteiger partial charge in [0.05, 0.1) is 18.8 Å². The first-order chi connectivity index (χ1) is 8.99. The Morgan fingerprint density at radius 2 is 2.11 bits per heavy atom. The van der Waals surface area contributed by atoms with E-state index >= 15 is 0 Å². The van der Waals surface area contributed by atoms with Gasteiger partial charge in [-0.3, -0.25) is 9.59 Å². The molecule has 2 amide bonds. The fourth-order valence-electron chi connectivity index (χ4n) is 1.60. The van der Waals surface area contributed by atoms with E-state index in [1.807, 2.05) is 6.92 Å². The number of amides is 2. The molecule has 0 saturated heterocycles. The molecule has 6 nitrogen and oxygen atoms in total.